The lowest BCUT2D eigenvalue weighted by Crippen LogP contribution is -2.36. The fraction of sp³-hybridized carbons (Fsp3) is 0.263. The van der Waals surface area contributed by atoms with E-state index in [1.165, 1.54) is 0 Å². The van der Waals surface area contributed by atoms with Crippen LogP contribution in [0.2, 0.25) is 0 Å². The Hall–Kier alpha value is -3.02. The predicted octanol–water partition coefficient (Wildman–Crippen LogP) is 2.31. The van der Waals surface area contributed by atoms with Gasteiger partial charge in [-0.05, 0) is 43.2 Å². The number of carbonyl (C=O) groups excluding carboxylic acids is 2. The second-order valence-corrected chi connectivity index (χ2v) is 5.52. The highest BCUT2D eigenvalue weighted by atomic mass is 16.5. The molecule has 25 heavy (non-hydrogen) atoms. The van der Waals surface area contributed by atoms with Gasteiger partial charge < -0.3 is 20.1 Å². The lowest BCUT2D eigenvalue weighted by molar-refractivity contribution is -0.136. The van der Waals surface area contributed by atoms with E-state index < -0.39 is 11.8 Å². The molecular weight excluding hydrogens is 320 g/mol. The van der Waals surface area contributed by atoms with Gasteiger partial charge in [0.1, 0.15) is 0 Å². The Kier molecular flexibility index (Phi) is 6.39. The molecule has 0 aliphatic carbocycles. The molecular formula is C19H22N2O4. The van der Waals surface area contributed by atoms with Gasteiger partial charge in [0.15, 0.2) is 11.5 Å². The Balaban J connectivity index is 1.83. The van der Waals surface area contributed by atoms with Crippen LogP contribution in [0.3, 0.4) is 0 Å². The standard InChI is InChI=1S/C19H22N2O4/c1-13-4-7-15(8-5-13)21-19(23)18(22)20-11-10-14-6-9-16(24-2)17(12-14)25-3/h4-9,12H,10-11H2,1-3H3,(H,20,22)(H,21,23). The van der Waals surface area contributed by atoms with E-state index in [2.05, 4.69) is 10.6 Å². The van der Waals surface area contributed by atoms with Gasteiger partial charge in [-0.15, -0.1) is 0 Å². The molecule has 2 aromatic carbocycles. The molecule has 0 heterocycles. The zero-order chi connectivity index (χ0) is 18.2. The van der Waals surface area contributed by atoms with Gasteiger partial charge >= 0.3 is 11.8 Å². The fourth-order valence-electron chi connectivity index (χ4n) is 2.26. The van der Waals surface area contributed by atoms with Gasteiger partial charge in [0.25, 0.3) is 0 Å². The van der Waals surface area contributed by atoms with Crippen LogP contribution in [0.15, 0.2) is 42.5 Å². The molecule has 0 saturated carbocycles. The van der Waals surface area contributed by atoms with Crippen LogP contribution in [0.1, 0.15) is 11.1 Å². The third-order valence-electron chi connectivity index (χ3n) is 3.66. The maximum Gasteiger partial charge on any atom is 0.313 e. The van der Waals surface area contributed by atoms with E-state index in [9.17, 15) is 9.59 Å². The molecule has 2 amide bonds. The lowest BCUT2D eigenvalue weighted by Gasteiger charge is -2.10. The van der Waals surface area contributed by atoms with Crippen molar-refractivity contribution in [3.8, 4) is 11.5 Å². The molecule has 0 radical (unpaired) electrons. The maximum atomic E-state index is 11.9. The molecule has 6 heteroatoms. The van der Waals surface area contributed by atoms with Crippen LogP contribution in [-0.4, -0.2) is 32.6 Å². The minimum Gasteiger partial charge on any atom is -0.493 e. The van der Waals surface area contributed by atoms with Crippen molar-refractivity contribution in [1.82, 2.24) is 5.32 Å². The van der Waals surface area contributed by atoms with Crippen LogP contribution in [0.5, 0.6) is 11.5 Å². The number of methoxy groups -OCH3 is 2. The van der Waals surface area contributed by atoms with Crippen molar-refractivity contribution < 1.29 is 19.1 Å². The summed E-state index contributed by atoms with van der Waals surface area (Å²) in [7, 11) is 3.14. The first-order valence-corrected chi connectivity index (χ1v) is 7.90. The van der Waals surface area contributed by atoms with E-state index in [4.69, 9.17) is 9.47 Å². The van der Waals surface area contributed by atoms with Crippen LogP contribution < -0.4 is 20.1 Å². The van der Waals surface area contributed by atoms with Gasteiger partial charge in [0.2, 0.25) is 0 Å². The molecule has 0 aliphatic rings. The molecule has 0 bridgehead atoms. The summed E-state index contributed by atoms with van der Waals surface area (Å²) in [5, 5.41) is 5.17. The first-order valence-electron chi connectivity index (χ1n) is 7.90. The number of rotatable bonds is 6. The van der Waals surface area contributed by atoms with Crippen molar-refractivity contribution in [2.24, 2.45) is 0 Å². The maximum absolute atomic E-state index is 11.9. The second-order valence-electron chi connectivity index (χ2n) is 5.52. The Morgan fingerprint density at radius 2 is 1.60 bits per heavy atom. The largest absolute Gasteiger partial charge is 0.493 e. The fourth-order valence-corrected chi connectivity index (χ4v) is 2.26. The Labute approximate surface area is 147 Å². The average Bonchev–Trinajstić information content (AvgIpc) is 2.63. The molecule has 2 rings (SSSR count). The minimum atomic E-state index is -0.684. The topological polar surface area (TPSA) is 76.7 Å². The van der Waals surface area contributed by atoms with Crippen molar-refractivity contribution in [1.29, 1.82) is 0 Å². The van der Waals surface area contributed by atoms with Crippen LogP contribution in [-0.2, 0) is 16.0 Å². The van der Waals surface area contributed by atoms with E-state index in [0.717, 1.165) is 11.1 Å². The van der Waals surface area contributed by atoms with E-state index in [1.54, 1.807) is 32.4 Å². The van der Waals surface area contributed by atoms with E-state index >= 15 is 0 Å². The third kappa shape index (κ3) is 5.24. The number of aryl methyl sites for hydroxylation is 1. The molecule has 2 aromatic rings. The number of hydrogen-bond donors (Lipinski definition) is 2. The van der Waals surface area contributed by atoms with Crippen molar-refractivity contribution in [3.05, 3.63) is 53.6 Å². The monoisotopic (exact) mass is 342 g/mol. The van der Waals surface area contributed by atoms with E-state index in [1.807, 2.05) is 31.2 Å². The Bertz CT molecular complexity index is 742. The van der Waals surface area contributed by atoms with Crippen LogP contribution in [0, 0.1) is 6.92 Å². The number of nitrogens with one attached hydrogen (secondary N) is 2. The van der Waals surface area contributed by atoms with Crippen molar-refractivity contribution in [2.75, 3.05) is 26.1 Å². The van der Waals surface area contributed by atoms with Gasteiger partial charge in [-0.1, -0.05) is 23.8 Å². The molecule has 0 saturated heterocycles. The van der Waals surface area contributed by atoms with Gasteiger partial charge in [-0.3, -0.25) is 9.59 Å². The summed E-state index contributed by atoms with van der Waals surface area (Å²) in [6, 6.07) is 12.8. The number of benzene rings is 2. The summed E-state index contributed by atoms with van der Waals surface area (Å²) >= 11 is 0. The summed E-state index contributed by atoms with van der Waals surface area (Å²) in [5.41, 5.74) is 2.64. The van der Waals surface area contributed by atoms with Crippen molar-refractivity contribution in [2.45, 2.75) is 13.3 Å². The number of carbonyl (C=O) groups is 2. The lowest BCUT2D eigenvalue weighted by atomic mass is 10.1. The predicted molar refractivity (Wildman–Crippen MR) is 96.1 cm³/mol. The first kappa shape index (κ1) is 18.3. The van der Waals surface area contributed by atoms with Crippen LogP contribution in [0.25, 0.3) is 0 Å². The zero-order valence-corrected chi connectivity index (χ0v) is 14.6. The molecule has 6 nitrogen and oxygen atoms in total. The normalized spacial score (nSPS) is 10.0. The smallest absolute Gasteiger partial charge is 0.313 e. The Morgan fingerprint density at radius 1 is 0.920 bits per heavy atom. The van der Waals surface area contributed by atoms with Crippen LogP contribution >= 0.6 is 0 Å². The molecule has 0 aliphatic heterocycles. The minimum absolute atomic E-state index is 0.343. The van der Waals surface area contributed by atoms with Crippen molar-refractivity contribution >= 4 is 17.5 Å². The van der Waals surface area contributed by atoms with Crippen LogP contribution in [0.4, 0.5) is 5.69 Å². The number of anilines is 1. The first-order chi connectivity index (χ1) is 12.0. The molecule has 0 spiro atoms. The molecule has 0 fully saturated rings. The summed E-state index contributed by atoms with van der Waals surface area (Å²) in [6.07, 6.45) is 0.573. The molecule has 0 atom stereocenters. The zero-order valence-electron chi connectivity index (χ0n) is 14.6. The second kappa shape index (κ2) is 8.73. The number of amides is 2. The summed E-state index contributed by atoms with van der Waals surface area (Å²) in [6.45, 7) is 2.29. The van der Waals surface area contributed by atoms with E-state index in [-0.39, 0.29) is 0 Å². The number of hydrogen-bond acceptors (Lipinski definition) is 4. The van der Waals surface area contributed by atoms with Gasteiger partial charge in [0, 0.05) is 12.2 Å². The summed E-state index contributed by atoms with van der Waals surface area (Å²) < 4.78 is 10.4. The average molecular weight is 342 g/mol. The highest BCUT2D eigenvalue weighted by Crippen LogP contribution is 2.27. The quantitative estimate of drug-likeness (QED) is 0.790. The van der Waals surface area contributed by atoms with Gasteiger partial charge in [-0.25, -0.2) is 0 Å². The number of ether oxygens (including phenoxy) is 2. The molecule has 0 aromatic heterocycles. The molecule has 0 unspecified atom stereocenters. The summed E-state index contributed by atoms with van der Waals surface area (Å²) in [4.78, 5) is 23.7. The van der Waals surface area contributed by atoms with Crippen molar-refractivity contribution in [3.63, 3.8) is 0 Å². The van der Waals surface area contributed by atoms with Gasteiger partial charge in [0.05, 0.1) is 14.2 Å². The molecule has 132 valence electrons. The molecule has 2 N–H and O–H groups in total. The third-order valence-corrected chi connectivity index (χ3v) is 3.66. The summed E-state index contributed by atoms with van der Waals surface area (Å²) in [5.74, 6) is -0.0755. The Morgan fingerprint density at radius 3 is 2.24 bits per heavy atom. The SMILES string of the molecule is COc1ccc(CCNC(=O)C(=O)Nc2ccc(C)cc2)cc1OC. The van der Waals surface area contributed by atoms with E-state index in [0.29, 0.717) is 30.2 Å². The van der Waals surface area contributed by atoms with Gasteiger partial charge in [-0.2, -0.15) is 0 Å². The highest BCUT2D eigenvalue weighted by Gasteiger charge is 2.13. The highest BCUT2D eigenvalue weighted by molar-refractivity contribution is 6.39.